The third-order valence-electron chi connectivity index (χ3n) is 4.75. The Balaban J connectivity index is 1.80. The van der Waals surface area contributed by atoms with Gasteiger partial charge in [-0.1, -0.05) is 12.8 Å². The van der Waals surface area contributed by atoms with Gasteiger partial charge in [-0.2, -0.15) is 5.26 Å². The highest BCUT2D eigenvalue weighted by molar-refractivity contribution is 5.86. The Hall–Kier alpha value is -1.04. The van der Waals surface area contributed by atoms with Gasteiger partial charge in [0, 0.05) is 12.6 Å². The van der Waals surface area contributed by atoms with E-state index in [1.54, 1.807) is 0 Å². The number of piperidine rings is 1. The fourth-order valence-corrected chi connectivity index (χ4v) is 3.80. The van der Waals surface area contributed by atoms with Crippen LogP contribution in [0.4, 0.5) is 0 Å². The third-order valence-corrected chi connectivity index (χ3v) is 4.75. The van der Waals surface area contributed by atoms with Crippen LogP contribution in [0.2, 0.25) is 0 Å². The summed E-state index contributed by atoms with van der Waals surface area (Å²) < 4.78 is 0. The molecule has 16 heavy (non-hydrogen) atoms. The molecule has 0 aromatic carbocycles. The number of hydrogen-bond acceptors (Lipinski definition) is 2. The number of fused-ring (bicyclic) bond motifs is 2. The summed E-state index contributed by atoms with van der Waals surface area (Å²) in [4.78, 5) is 14.5. The van der Waals surface area contributed by atoms with E-state index in [9.17, 15) is 10.1 Å². The first kappa shape index (κ1) is 10.1. The summed E-state index contributed by atoms with van der Waals surface area (Å²) in [5.41, 5.74) is -0.648. The van der Waals surface area contributed by atoms with Crippen LogP contribution in [0.25, 0.3) is 0 Å². The lowest BCUT2D eigenvalue weighted by atomic mass is 9.86. The average molecular weight is 218 g/mol. The molecule has 3 rings (SSSR count). The van der Waals surface area contributed by atoms with Crippen molar-refractivity contribution in [2.24, 2.45) is 11.3 Å². The van der Waals surface area contributed by atoms with E-state index in [-0.39, 0.29) is 5.91 Å². The first-order valence-electron chi connectivity index (χ1n) is 6.47. The molecular weight excluding hydrogens is 200 g/mol. The lowest BCUT2D eigenvalue weighted by Crippen LogP contribution is -2.45. The number of nitrogens with zero attached hydrogens (tertiary/aromatic N) is 2. The van der Waals surface area contributed by atoms with Gasteiger partial charge in [-0.05, 0) is 38.0 Å². The highest BCUT2D eigenvalue weighted by atomic mass is 16.2. The quantitative estimate of drug-likeness (QED) is 0.676. The van der Waals surface area contributed by atoms with Gasteiger partial charge in [0.15, 0.2) is 0 Å². The van der Waals surface area contributed by atoms with E-state index in [0.717, 1.165) is 44.6 Å². The number of rotatable bonds is 1. The van der Waals surface area contributed by atoms with Gasteiger partial charge in [0.1, 0.15) is 5.41 Å². The van der Waals surface area contributed by atoms with Gasteiger partial charge in [-0.25, -0.2) is 0 Å². The number of likely N-dealkylation sites (tertiary alicyclic amines) is 1. The van der Waals surface area contributed by atoms with E-state index >= 15 is 0 Å². The monoisotopic (exact) mass is 218 g/mol. The van der Waals surface area contributed by atoms with Gasteiger partial charge in [-0.3, -0.25) is 4.79 Å². The van der Waals surface area contributed by atoms with E-state index < -0.39 is 5.41 Å². The van der Waals surface area contributed by atoms with Crippen molar-refractivity contribution >= 4 is 5.91 Å². The summed E-state index contributed by atoms with van der Waals surface area (Å²) in [5, 5.41) is 9.32. The summed E-state index contributed by atoms with van der Waals surface area (Å²) >= 11 is 0. The molecule has 2 unspecified atom stereocenters. The van der Waals surface area contributed by atoms with Crippen LogP contribution in [0.15, 0.2) is 0 Å². The highest BCUT2D eigenvalue weighted by Crippen LogP contribution is 2.44. The molecule has 0 aromatic rings. The Bertz CT molecular complexity index is 351. The van der Waals surface area contributed by atoms with Crippen molar-refractivity contribution in [3.05, 3.63) is 0 Å². The van der Waals surface area contributed by atoms with Crippen molar-refractivity contribution in [1.82, 2.24) is 4.90 Å². The predicted molar refractivity (Wildman–Crippen MR) is 59.4 cm³/mol. The number of nitriles is 1. The molecule has 0 radical (unpaired) electrons. The maximum absolute atomic E-state index is 12.5. The molecule has 0 N–H and O–H groups in total. The van der Waals surface area contributed by atoms with Gasteiger partial charge >= 0.3 is 0 Å². The first-order chi connectivity index (χ1) is 7.75. The SMILES string of the molecule is N#CC1(C(=O)N2CC3CCC2C3)CCCC1. The molecule has 1 amide bonds. The second-order valence-electron chi connectivity index (χ2n) is 5.69. The Morgan fingerprint density at radius 3 is 2.56 bits per heavy atom. The topological polar surface area (TPSA) is 44.1 Å². The van der Waals surface area contributed by atoms with E-state index in [1.165, 1.54) is 12.8 Å². The minimum absolute atomic E-state index is 0.153. The second-order valence-corrected chi connectivity index (χ2v) is 5.69. The Kier molecular flexibility index (Phi) is 2.20. The van der Waals surface area contributed by atoms with Crippen LogP contribution in [0.3, 0.4) is 0 Å². The summed E-state index contributed by atoms with van der Waals surface area (Å²) in [6.45, 7) is 0.924. The molecule has 3 nitrogen and oxygen atoms in total. The van der Waals surface area contributed by atoms with Crippen molar-refractivity contribution in [2.75, 3.05) is 6.54 Å². The summed E-state index contributed by atoms with van der Waals surface area (Å²) in [5.74, 6) is 0.880. The summed E-state index contributed by atoms with van der Waals surface area (Å²) in [6, 6.07) is 2.78. The normalized spacial score (nSPS) is 35.3. The zero-order valence-electron chi connectivity index (χ0n) is 9.61. The number of amides is 1. The van der Waals surface area contributed by atoms with Gasteiger partial charge in [-0.15, -0.1) is 0 Å². The molecule has 2 aliphatic carbocycles. The standard InChI is InChI=1S/C13H18N2O/c14-9-13(5-1-2-6-13)12(16)15-8-10-3-4-11(15)7-10/h10-11H,1-8H2. The van der Waals surface area contributed by atoms with Crippen LogP contribution < -0.4 is 0 Å². The fraction of sp³-hybridized carbons (Fsp3) is 0.846. The molecule has 2 atom stereocenters. The van der Waals surface area contributed by atoms with Crippen LogP contribution in [-0.4, -0.2) is 23.4 Å². The summed E-state index contributed by atoms with van der Waals surface area (Å²) in [7, 11) is 0. The molecule has 3 heteroatoms. The van der Waals surface area contributed by atoms with E-state index in [0.29, 0.717) is 6.04 Å². The molecule has 1 aliphatic heterocycles. The van der Waals surface area contributed by atoms with Crippen LogP contribution in [0.5, 0.6) is 0 Å². The zero-order chi connectivity index (χ0) is 11.2. The van der Waals surface area contributed by atoms with E-state index in [1.807, 2.05) is 4.90 Å². The second kappa shape index (κ2) is 3.48. The molecule has 3 fully saturated rings. The summed E-state index contributed by atoms with van der Waals surface area (Å²) in [6.07, 6.45) is 7.30. The Morgan fingerprint density at radius 2 is 2.06 bits per heavy atom. The molecule has 0 aromatic heterocycles. The molecule has 1 saturated heterocycles. The van der Waals surface area contributed by atoms with Crippen LogP contribution in [0, 0.1) is 22.7 Å². The number of carbonyl (C=O) groups excluding carboxylic acids is 1. The van der Waals surface area contributed by atoms with Crippen LogP contribution in [0.1, 0.15) is 44.9 Å². The lowest BCUT2D eigenvalue weighted by Gasteiger charge is -2.32. The highest BCUT2D eigenvalue weighted by Gasteiger charge is 2.49. The van der Waals surface area contributed by atoms with Gasteiger partial charge < -0.3 is 4.90 Å². The largest absolute Gasteiger partial charge is 0.338 e. The molecular formula is C13H18N2O. The molecule has 0 spiro atoms. The van der Waals surface area contributed by atoms with Crippen molar-refractivity contribution < 1.29 is 4.79 Å². The average Bonchev–Trinajstić information content (AvgIpc) is 3.03. The predicted octanol–water partition coefficient (Wildman–Crippen LogP) is 2.08. The Labute approximate surface area is 96.4 Å². The smallest absolute Gasteiger partial charge is 0.243 e. The number of hydrogen-bond donors (Lipinski definition) is 0. The van der Waals surface area contributed by atoms with Crippen LogP contribution >= 0.6 is 0 Å². The van der Waals surface area contributed by atoms with E-state index in [2.05, 4.69) is 6.07 Å². The van der Waals surface area contributed by atoms with Gasteiger partial charge in [0.05, 0.1) is 6.07 Å². The van der Waals surface area contributed by atoms with Crippen molar-refractivity contribution in [3.8, 4) is 6.07 Å². The van der Waals surface area contributed by atoms with Gasteiger partial charge in [0.2, 0.25) is 5.91 Å². The molecule has 2 saturated carbocycles. The first-order valence-corrected chi connectivity index (χ1v) is 6.47. The minimum Gasteiger partial charge on any atom is -0.338 e. The zero-order valence-corrected chi connectivity index (χ0v) is 9.61. The third kappa shape index (κ3) is 1.29. The maximum atomic E-state index is 12.5. The minimum atomic E-state index is -0.648. The number of carbonyl (C=O) groups is 1. The van der Waals surface area contributed by atoms with Crippen molar-refractivity contribution in [1.29, 1.82) is 5.26 Å². The fourth-order valence-electron chi connectivity index (χ4n) is 3.80. The van der Waals surface area contributed by atoms with Crippen LogP contribution in [-0.2, 0) is 4.79 Å². The molecule has 3 aliphatic rings. The lowest BCUT2D eigenvalue weighted by molar-refractivity contribution is -0.140. The van der Waals surface area contributed by atoms with E-state index in [4.69, 9.17) is 0 Å². The molecule has 1 heterocycles. The van der Waals surface area contributed by atoms with Crippen molar-refractivity contribution in [3.63, 3.8) is 0 Å². The maximum Gasteiger partial charge on any atom is 0.243 e. The Morgan fingerprint density at radius 1 is 1.31 bits per heavy atom. The molecule has 86 valence electrons. The van der Waals surface area contributed by atoms with Gasteiger partial charge in [0.25, 0.3) is 0 Å². The molecule has 2 bridgehead atoms. The van der Waals surface area contributed by atoms with Crippen molar-refractivity contribution in [2.45, 2.75) is 51.0 Å².